The highest BCUT2D eigenvalue weighted by molar-refractivity contribution is 5.35. The van der Waals surface area contributed by atoms with Crippen molar-refractivity contribution in [1.29, 1.82) is 0 Å². The van der Waals surface area contributed by atoms with Crippen LogP contribution in [0.4, 0.5) is 19.1 Å². The molecule has 0 aromatic carbocycles. The Morgan fingerprint density at radius 1 is 1.12 bits per heavy atom. The molecule has 0 amide bonds. The van der Waals surface area contributed by atoms with Gasteiger partial charge in [-0.05, 0) is 56.3 Å². The lowest BCUT2D eigenvalue weighted by Gasteiger charge is -2.56. The number of nitrogens with one attached hydrogen (secondary N) is 2. The van der Waals surface area contributed by atoms with Crippen molar-refractivity contribution in [2.45, 2.75) is 56.8 Å². The zero-order valence-electron chi connectivity index (χ0n) is 14.6. The van der Waals surface area contributed by atoms with Crippen LogP contribution in [-0.4, -0.2) is 33.8 Å². The van der Waals surface area contributed by atoms with Gasteiger partial charge in [-0.1, -0.05) is 0 Å². The second-order valence-corrected chi connectivity index (χ2v) is 8.29. The van der Waals surface area contributed by atoms with E-state index in [0.29, 0.717) is 17.8 Å². The SMILES string of the molecule is OCCNCc1cnc(NC23CC4CC(CC(C4)C2)C3)nc1C(F)(F)F. The van der Waals surface area contributed by atoms with E-state index in [1.807, 2.05) is 0 Å². The molecular weight excluding hydrogens is 345 g/mol. The molecule has 1 heterocycles. The topological polar surface area (TPSA) is 70.1 Å². The molecule has 4 aliphatic rings. The van der Waals surface area contributed by atoms with E-state index < -0.39 is 11.9 Å². The van der Waals surface area contributed by atoms with Gasteiger partial charge in [-0.15, -0.1) is 0 Å². The standard InChI is InChI=1S/C18H25F3N4O/c19-18(20,21)15-14(9-22-1-2-26)10-23-16(24-15)25-17-6-11-3-12(7-17)5-13(4-11)8-17/h10-13,22,26H,1-9H2,(H,23,24,25). The molecule has 26 heavy (non-hydrogen) atoms. The lowest BCUT2D eigenvalue weighted by Crippen LogP contribution is -2.55. The van der Waals surface area contributed by atoms with Gasteiger partial charge in [-0.2, -0.15) is 13.2 Å². The lowest BCUT2D eigenvalue weighted by molar-refractivity contribution is -0.141. The number of aromatic nitrogens is 2. The number of rotatable bonds is 6. The van der Waals surface area contributed by atoms with Crippen molar-refractivity contribution in [3.63, 3.8) is 0 Å². The molecule has 1 aromatic rings. The number of halogens is 3. The fourth-order valence-electron chi connectivity index (χ4n) is 5.64. The zero-order valence-corrected chi connectivity index (χ0v) is 14.6. The molecule has 4 aliphatic carbocycles. The predicted molar refractivity (Wildman–Crippen MR) is 90.4 cm³/mol. The maximum absolute atomic E-state index is 13.4. The van der Waals surface area contributed by atoms with Gasteiger partial charge >= 0.3 is 6.18 Å². The highest BCUT2D eigenvalue weighted by Crippen LogP contribution is 2.56. The van der Waals surface area contributed by atoms with Crippen molar-refractivity contribution in [2.75, 3.05) is 18.5 Å². The summed E-state index contributed by atoms with van der Waals surface area (Å²) in [6.45, 7) is 0.0749. The number of alkyl halides is 3. The predicted octanol–water partition coefficient (Wildman–Crippen LogP) is 2.96. The van der Waals surface area contributed by atoms with Crippen LogP contribution in [0.3, 0.4) is 0 Å². The molecule has 0 saturated heterocycles. The van der Waals surface area contributed by atoms with Gasteiger partial charge in [-0.3, -0.25) is 0 Å². The Kier molecular flexibility index (Phi) is 4.59. The number of hydrogen-bond acceptors (Lipinski definition) is 5. The quantitative estimate of drug-likeness (QED) is 0.672. The summed E-state index contributed by atoms with van der Waals surface area (Å²) in [6.07, 6.45) is 3.58. The summed E-state index contributed by atoms with van der Waals surface area (Å²) < 4.78 is 40.3. The van der Waals surface area contributed by atoms with Crippen LogP contribution in [-0.2, 0) is 12.7 Å². The van der Waals surface area contributed by atoms with Crippen LogP contribution in [0.15, 0.2) is 6.20 Å². The van der Waals surface area contributed by atoms with Crippen LogP contribution in [0.2, 0.25) is 0 Å². The van der Waals surface area contributed by atoms with E-state index in [2.05, 4.69) is 20.6 Å². The number of aliphatic hydroxyl groups is 1. The van der Waals surface area contributed by atoms with E-state index in [0.717, 1.165) is 19.3 Å². The van der Waals surface area contributed by atoms with Crippen molar-refractivity contribution in [2.24, 2.45) is 17.8 Å². The summed E-state index contributed by atoms with van der Waals surface area (Å²) in [6, 6.07) is 0. The highest BCUT2D eigenvalue weighted by Gasteiger charge is 2.51. The Labute approximate surface area is 150 Å². The molecule has 0 spiro atoms. The summed E-state index contributed by atoms with van der Waals surface area (Å²) in [5.74, 6) is 2.17. The van der Waals surface area contributed by atoms with Crippen LogP contribution in [0.1, 0.15) is 49.8 Å². The molecule has 0 radical (unpaired) electrons. The van der Waals surface area contributed by atoms with Crippen LogP contribution >= 0.6 is 0 Å². The molecular formula is C18H25F3N4O. The van der Waals surface area contributed by atoms with Gasteiger partial charge in [0.15, 0.2) is 5.69 Å². The third-order valence-corrected chi connectivity index (χ3v) is 6.15. The molecule has 5 rings (SSSR count). The first kappa shape index (κ1) is 18.0. The smallest absolute Gasteiger partial charge is 0.395 e. The molecule has 8 heteroatoms. The van der Waals surface area contributed by atoms with E-state index in [4.69, 9.17) is 5.11 Å². The minimum Gasteiger partial charge on any atom is -0.395 e. The van der Waals surface area contributed by atoms with Gasteiger partial charge in [-0.25, -0.2) is 9.97 Å². The van der Waals surface area contributed by atoms with Crippen molar-refractivity contribution >= 4 is 5.95 Å². The Bertz CT molecular complexity index is 629. The minimum atomic E-state index is -4.53. The summed E-state index contributed by atoms with van der Waals surface area (Å²) >= 11 is 0. The summed E-state index contributed by atoms with van der Waals surface area (Å²) in [5.41, 5.74) is -1.03. The summed E-state index contributed by atoms with van der Waals surface area (Å²) in [7, 11) is 0. The van der Waals surface area contributed by atoms with Crippen LogP contribution in [0.5, 0.6) is 0 Å². The molecule has 1 aromatic heterocycles. The maximum Gasteiger partial charge on any atom is 0.433 e. The van der Waals surface area contributed by atoms with Crippen molar-refractivity contribution in [3.8, 4) is 0 Å². The van der Waals surface area contributed by atoms with Gasteiger partial charge in [0.25, 0.3) is 0 Å². The van der Waals surface area contributed by atoms with Crippen LogP contribution in [0.25, 0.3) is 0 Å². The molecule has 4 saturated carbocycles. The number of anilines is 1. The summed E-state index contributed by atoms with van der Waals surface area (Å²) in [5, 5.41) is 14.9. The van der Waals surface area contributed by atoms with E-state index >= 15 is 0 Å². The number of nitrogens with zero attached hydrogens (tertiary/aromatic N) is 2. The third kappa shape index (κ3) is 3.53. The largest absolute Gasteiger partial charge is 0.433 e. The second-order valence-electron chi connectivity index (χ2n) is 8.29. The molecule has 0 atom stereocenters. The van der Waals surface area contributed by atoms with Gasteiger partial charge in [0.2, 0.25) is 5.95 Å². The van der Waals surface area contributed by atoms with E-state index in [-0.39, 0.29) is 36.7 Å². The Morgan fingerprint density at radius 2 is 1.73 bits per heavy atom. The average molecular weight is 370 g/mol. The maximum atomic E-state index is 13.4. The first-order valence-electron chi connectivity index (χ1n) is 9.40. The van der Waals surface area contributed by atoms with E-state index in [1.54, 1.807) is 0 Å². The fourth-order valence-corrected chi connectivity index (χ4v) is 5.64. The molecule has 4 bridgehead atoms. The molecule has 144 valence electrons. The lowest BCUT2D eigenvalue weighted by atomic mass is 9.53. The average Bonchev–Trinajstić information content (AvgIpc) is 2.53. The van der Waals surface area contributed by atoms with Crippen LogP contribution < -0.4 is 10.6 Å². The normalized spacial score (nSPS) is 32.8. The van der Waals surface area contributed by atoms with Crippen LogP contribution in [0, 0.1) is 17.8 Å². The molecule has 3 N–H and O–H groups in total. The Morgan fingerprint density at radius 3 is 2.27 bits per heavy atom. The first-order valence-corrected chi connectivity index (χ1v) is 9.40. The fraction of sp³-hybridized carbons (Fsp3) is 0.778. The highest BCUT2D eigenvalue weighted by atomic mass is 19.4. The van der Waals surface area contributed by atoms with Crippen molar-refractivity contribution in [1.82, 2.24) is 15.3 Å². The van der Waals surface area contributed by atoms with E-state index in [9.17, 15) is 13.2 Å². The molecule has 5 nitrogen and oxygen atoms in total. The zero-order chi connectivity index (χ0) is 18.4. The number of hydrogen-bond donors (Lipinski definition) is 3. The van der Waals surface area contributed by atoms with Gasteiger partial charge in [0.05, 0.1) is 6.61 Å². The monoisotopic (exact) mass is 370 g/mol. The van der Waals surface area contributed by atoms with Gasteiger partial charge in [0.1, 0.15) is 0 Å². The summed E-state index contributed by atoms with van der Waals surface area (Å²) in [4.78, 5) is 8.03. The molecule has 4 fully saturated rings. The van der Waals surface area contributed by atoms with Gasteiger partial charge in [0, 0.05) is 30.4 Å². The van der Waals surface area contributed by atoms with Crippen molar-refractivity contribution in [3.05, 3.63) is 17.5 Å². The second kappa shape index (κ2) is 6.64. The first-order chi connectivity index (χ1) is 12.4. The van der Waals surface area contributed by atoms with Gasteiger partial charge < -0.3 is 15.7 Å². The number of aliphatic hydroxyl groups excluding tert-OH is 1. The Balaban J connectivity index is 1.55. The molecule has 0 aliphatic heterocycles. The Hall–Kier alpha value is -1.41. The van der Waals surface area contributed by atoms with Crippen molar-refractivity contribution < 1.29 is 18.3 Å². The molecule has 0 unspecified atom stereocenters. The van der Waals surface area contributed by atoms with E-state index in [1.165, 1.54) is 25.5 Å². The third-order valence-electron chi connectivity index (χ3n) is 6.15. The minimum absolute atomic E-state index is 0.00186.